The van der Waals surface area contributed by atoms with Crippen molar-refractivity contribution >= 4 is 0 Å². The zero-order valence-corrected chi connectivity index (χ0v) is 12.1. The smallest absolute Gasteiger partial charge is 0.231 e. The van der Waals surface area contributed by atoms with E-state index in [1.807, 2.05) is 12.1 Å². The summed E-state index contributed by atoms with van der Waals surface area (Å²) in [6.45, 7) is 5.82. The highest BCUT2D eigenvalue weighted by Gasteiger charge is 2.22. The van der Waals surface area contributed by atoms with Crippen LogP contribution in [0.4, 0.5) is 0 Å². The number of nitrogens with one attached hydrogen (secondary N) is 1. The van der Waals surface area contributed by atoms with E-state index in [4.69, 9.17) is 14.2 Å². The fourth-order valence-electron chi connectivity index (χ4n) is 2.08. The molecule has 0 saturated heterocycles. The summed E-state index contributed by atoms with van der Waals surface area (Å²) < 4.78 is 16.7. The van der Waals surface area contributed by atoms with Crippen molar-refractivity contribution in [2.24, 2.45) is 0 Å². The molecule has 108 valence electrons. The normalized spacial score (nSPS) is 16.1. The lowest BCUT2D eigenvalue weighted by Gasteiger charge is -2.12. The Balaban J connectivity index is 1.74. The summed E-state index contributed by atoms with van der Waals surface area (Å²) in [6.07, 6.45) is 4.62. The van der Waals surface area contributed by atoms with E-state index in [0.717, 1.165) is 29.4 Å². The summed E-state index contributed by atoms with van der Waals surface area (Å²) in [5.41, 5.74) is 2.38. The Labute approximate surface area is 119 Å². The van der Waals surface area contributed by atoms with Gasteiger partial charge in [0, 0.05) is 24.2 Å². The van der Waals surface area contributed by atoms with E-state index in [1.165, 1.54) is 18.4 Å². The quantitative estimate of drug-likeness (QED) is 0.810. The maximum Gasteiger partial charge on any atom is 0.231 e. The maximum absolute atomic E-state index is 5.87. The molecule has 4 heteroatoms. The Kier molecular flexibility index (Phi) is 3.83. The first-order chi connectivity index (χ1) is 9.72. The molecule has 4 nitrogen and oxygen atoms in total. The van der Waals surface area contributed by atoms with Crippen LogP contribution in [0.1, 0.15) is 32.3 Å². The molecular formula is C16H21NO3. The first-order valence-corrected chi connectivity index (χ1v) is 7.14. The van der Waals surface area contributed by atoms with Gasteiger partial charge in [-0.2, -0.15) is 0 Å². The van der Waals surface area contributed by atoms with Crippen molar-refractivity contribution in [1.82, 2.24) is 5.32 Å². The Bertz CT molecular complexity index is 517. The van der Waals surface area contributed by atoms with Crippen LogP contribution in [0.15, 0.2) is 23.8 Å². The largest absolute Gasteiger partial charge is 0.489 e. The van der Waals surface area contributed by atoms with E-state index in [2.05, 4.69) is 25.2 Å². The van der Waals surface area contributed by atoms with Gasteiger partial charge in [0.2, 0.25) is 6.79 Å². The molecule has 0 spiro atoms. The summed E-state index contributed by atoms with van der Waals surface area (Å²) in [4.78, 5) is 0. The Morgan fingerprint density at radius 2 is 2.05 bits per heavy atom. The van der Waals surface area contributed by atoms with E-state index in [1.54, 1.807) is 0 Å². The summed E-state index contributed by atoms with van der Waals surface area (Å²) in [7, 11) is 0. The van der Waals surface area contributed by atoms with Gasteiger partial charge in [0.25, 0.3) is 0 Å². The zero-order valence-electron chi connectivity index (χ0n) is 12.1. The van der Waals surface area contributed by atoms with Crippen LogP contribution in [0.5, 0.6) is 17.2 Å². The molecule has 0 atom stereocenters. The Morgan fingerprint density at radius 3 is 2.75 bits per heavy atom. The van der Waals surface area contributed by atoms with Crippen molar-refractivity contribution < 1.29 is 14.2 Å². The zero-order chi connectivity index (χ0) is 13.9. The minimum absolute atomic E-state index is 0.294. The number of rotatable bonds is 6. The molecule has 0 aromatic heterocycles. The number of allylic oxidation sites excluding steroid dienone is 1. The second kappa shape index (κ2) is 5.75. The van der Waals surface area contributed by atoms with Crippen LogP contribution in [0.25, 0.3) is 0 Å². The van der Waals surface area contributed by atoms with Crippen molar-refractivity contribution in [2.75, 3.05) is 13.4 Å². The number of benzene rings is 1. The van der Waals surface area contributed by atoms with Crippen LogP contribution in [0.2, 0.25) is 0 Å². The number of hydrogen-bond acceptors (Lipinski definition) is 4. The highest BCUT2D eigenvalue weighted by Crippen LogP contribution is 2.38. The van der Waals surface area contributed by atoms with E-state index >= 15 is 0 Å². The SMILES string of the molecule is CC(C)=CCOc1cc2c(cc1CNC1CC1)OCO2. The summed E-state index contributed by atoms with van der Waals surface area (Å²) in [6, 6.07) is 4.63. The average molecular weight is 275 g/mol. The number of ether oxygens (including phenoxy) is 3. The van der Waals surface area contributed by atoms with Crippen LogP contribution < -0.4 is 19.5 Å². The van der Waals surface area contributed by atoms with Gasteiger partial charge in [-0.05, 0) is 38.8 Å². The highest BCUT2D eigenvalue weighted by atomic mass is 16.7. The van der Waals surface area contributed by atoms with Gasteiger partial charge < -0.3 is 19.5 Å². The lowest BCUT2D eigenvalue weighted by atomic mass is 10.1. The minimum atomic E-state index is 0.294. The first kappa shape index (κ1) is 13.3. The molecule has 3 rings (SSSR count). The molecule has 1 fully saturated rings. The molecule has 1 aromatic carbocycles. The van der Waals surface area contributed by atoms with Crippen LogP contribution >= 0.6 is 0 Å². The molecule has 1 saturated carbocycles. The molecule has 1 aromatic rings. The summed E-state index contributed by atoms with van der Waals surface area (Å²) >= 11 is 0. The minimum Gasteiger partial charge on any atom is -0.489 e. The van der Waals surface area contributed by atoms with Crippen LogP contribution in [0.3, 0.4) is 0 Å². The van der Waals surface area contributed by atoms with Gasteiger partial charge in [0.1, 0.15) is 12.4 Å². The van der Waals surface area contributed by atoms with Crippen molar-refractivity contribution in [3.63, 3.8) is 0 Å². The molecule has 0 radical (unpaired) electrons. The predicted octanol–water partition coefficient (Wildman–Crippen LogP) is 3.01. The summed E-state index contributed by atoms with van der Waals surface area (Å²) in [5.74, 6) is 2.46. The van der Waals surface area contributed by atoms with E-state index in [-0.39, 0.29) is 0 Å². The monoisotopic (exact) mass is 275 g/mol. The third kappa shape index (κ3) is 3.25. The lowest BCUT2D eigenvalue weighted by molar-refractivity contribution is 0.174. The van der Waals surface area contributed by atoms with E-state index in [0.29, 0.717) is 19.4 Å². The van der Waals surface area contributed by atoms with Crippen LogP contribution in [-0.4, -0.2) is 19.4 Å². The standard InChI is InChI=1S/C16H21NO3/c1-11(2)5-6-18-14-8-16-15(19-10-20-16)7-12(14)9-17-13-3-4-13/h5,7-8,13,17H,3-4,6,9-10H2,1-2H3. The van der Waals surface area contributed by atoms with Crippen molar-refractivity contribution in [3.05, 3.63) is 29.3 Å². The Morgan fingerprint density at radius 1 is 1.30 bits per heavy atom. The maximum atomic E-state index is 5.87. The predicted molar refractivity (Wildman–Crippen MR) is 77.4 cm³/mol. The van der Waals surface area contributed by atoms with Gasteiger partial charge in [-0.1, -0.05) is 5.57 Å². The molecule has 1 N–H and O–H groups in total. The van der Waals surface area contributed by atoms with Crippen molar-refractivity contribution in [3.8, 4) is 17.2 Å². The molecule has 0 unspecified atom stereocenters. The third-order valence-electron chi connectivity index (χ3n) is 3.44. The highest BCUT2D eigenvalue weighted by molar-refractivity contribution is 5.52. The van der Waals surface area contributed by atoms with Gasteiger partial charge in [-0.15, -0.1) is 0 Å². The van der Waals surface area contributed by atoms with Crippen molar-refractivity contribution in [1.29, 1.82) is 0 Å². The third-order valence-corrected chi connectivity index (χ3v) is 3.44. The molecule has 2 aliphatic rings. The second-order valence-corrected chi connectivity index (χ2v) is 5.56. The van der Waals surface area contributed by atoms with Gasteiger partial charge in [-0.3, -0.25) is 0 Å². The van der Waals surface area contributed by atoms with E-state index in [9.17, 15) is 0 Å². The molecule has 20 heavy (non-hydrogen) atoms. The second-order valence-electron chi connectivity index (χ2n) is 5.56. The van der Waals surface area contributed by atoms with Gasteiger partial charge >= 0.3 is 0 Å². The average Bonchev–Trinajstić information content (AvgIpc) is 3.13. The molecule has 0 bridgehead atoms. The fraction of sp³-hybridized carbons (Fsp3) is 0.500. The van der Waals surface area contributed by atoms with Crippen molar-refractivity contribution in [2.45, 2.75) is 39.3 Å². The lowest BCUT2D eigenvalue weighted by Crippen LogP contribution is -2.16. The topological polar surface area (TPSA) is 39.7 Å². The number of hydrogen-bond donors (Lipinski definition) is 1. The van der Waals surface area contributed by atoms with Crippen LogP contribution in [-0.2, 0) is 6.54 Å². The Hall–Kier alpha value is -1.68. The fourth-order valence-corrected chi connectivity index (χ4v) is 2.08. The van der Waals surface area contributed by atoms with Gasteiger partial charge in [-0.25, -0.2) is 0 Å². The molecule has 0 amide bonds. The van der Waals surface area contributed by atoms with E-state index < -0.39 is 0 Å². The molecule has 1 aliphatic heterocycles. The van der Waals surface area contributed by atoms with Crippen LogP contribution in [0, 0.1) is 0 Å². The summed E-state index contributed by atoms with van der Waals surface area (Å²) in [5, 5.41) is 3.51. The number of fused-ring (bicyclic) bond motifs is 1. The van der Waals surface area contributed by atoms with Gasteiger partial charge in [0.15, 0.2) is 11.5 Å². The molecular weight excluding hydrogens is 254 g/mol. The van der Waals surface area contributed by atoms with Gasteiger partial charge in [0.05, 0.1) is 0 Å². The first-order valence-electron chi connectivity index (χ1n) is 7.14. The molecule has 1 aliphatic carbocycles. The molecule has 1 heterocycles.